The van der Waals surface area contributed by atoms with Gasteiger partial charge in [-0.2, -0.15) is 0 Å². The Bertz CT molecular complexity index is 298. The van der Waals surface area contributed by atoms with Crippen LogP contribution >= 0.6 is 11.3 Å². The zero-order chi connectivity index (χ0) is 9.84. The van der Waals surface area contributed by atoms with E-state index in [4.69, 9.17) is 5.11 Å². The topological polar surface area (TPSA) is 53.4 Å². The third-order valence-corrected chi connectivity index (χ3v) is 2.59. The molecule has 0 amide bonds. The molecule has 0 aliphatic heterocycles. The molecule has 13 heavy (non-hydrogen) atoms. The summed E-state index contributed by atoms with van der Waals surface area (Å²) in [5.41, 5.74) is 0.826. The van der Waals surface area contributed by atoms with Gasteiger partial charge in [0.15, 0.2) is 0 Å². The lowest BCUT2D eigenvalue weighted by Gasteiger charge is -2.10. The quantitative estimate of drug-likeness (QED) is 0.795. The van der Waals surface area contributed by atoms with E-state index in [-0.39, 0.29) is 5.01 Å². The third kappa shape index (κ3) is 2.78. The summed E-state index contributed by atoms with van der Waals surface area (Å²) in [5, 5.41) is 10.6. The van der Waals surface area contributed by atoms with Crippen molar-refractivity contribution in [2.45, 2.75) is 13.5 Å². The molecule has 72 valence electrons. The maximum absolute atomic E-state index is 10.5. The number of thiazole rings is 1. The normalized spacial score (nSPS) is 10.7. The first-order valence-corrected chi connectivity index (χ1v) is 4.87. The molecule has 0 spiro atoms. The number of aromatic carboxylic acids is 1. The van der Waals surface area contributed by atoms with E-state index in [1.54, 1.807) is 5.38 Å². The molecule has 1 aromatic heterocycles. The van der Waals surface area contributed by atoms with Gasteiger partial charge >= 0.3 is 5.97 Å². The molecule has 1 N–H and O–H groups in total. The van der Waals surface area contributed by atoms with Crippen molar-refractivity contribution in [1.29, 1.82) is 0 Å². The van der Waals surface area contributed by atoms with E-state index < -0.39 is 5.97 Å². The van der Waals surface area contributed by atoms with Gasteiger partial charge < -0.3 is 10.0 Å². The predicted octanol–water partition coefficient (Wildman–Crippen LogP) is 1.29. The number of hydrogen-bond acceptors (Lipinski definition) is 4. The van der Waals surface area contributed by atoms with Crippen LogP contribution in [-0.2, 0) is 6.54 Å². The van der Waals surface area contributed by atoms with Gasteiger partial charge in [0.2, 0.25) is 5.01 Å². The lowest BCUT2D eigenvalue weighted by molar-refractivity contribution is 0.0696. The summed E-state index contributed by atoms with van der Waals surface area (Å²) in [7, 11) is 1.97. The van der Waals surface area contributed by atoms with E-state index in [2.05, 4.69) is 9.88 Å². The van der Waals surface area contributed by atoms with Crippen molar-refractivity contribution in [3.05, 3.63) is 16.1 Å². The van der Waals surface area contributed by atoms with Gasteiger partial charge in [-0.1, -0.05) is 6.92 Å². The Morgan fingerprint density at radius 3 is 2.92 bits per heavy atom. The molecule has 0 unspecified atom stereocenters. The number of nitrogens with zero attached hydrogens (tertiary/aromatic N) is 2. The molecular formula is C8H12N2O2S. The van der Waals surface area contributed by atoms with Gasteiger partial charge in [-0.3, -0.25) is 0 Å². The Morgan fingerprint density at radius 2 is 2.46 bits per heavy atom. The molecule has 0 aliphatic rings. The van der Waals surface area contributed by atoms with Crippen LogP contribution in [0.25, 0.3) is 0 Å². The lowest BCUT2D eigenvalue weighted by atomic mass is 10.4. The van der Waals surface area contributed by atoms with Gasteiger partial charge in [0.25, 0.3) is 0 Å². The number of carbonyl (C=O) groups is 1. The van der Waals surface area contributed by atoms with Gasteiger partial charge in [0.1, 0.15) is 0 Å². The maximum atomic E-state index is 10.5. The van der Waals surface area contributed by atoms with Crippen LogP contribution in [0.2, 0.25) is 0 Å². The molecule has 0 saturated heterocycles. The van der Waals surface area contributed by atoms with Crippen molar-refractivity contribution < 1.29 is 9.90 Å². The van der Waals surface area contributed by atoms with Crippen molar-refractivity contribution in [3.63, 3.8) is 0 Å². The molecule has 1 aromatic rings. The van der Waals surface area contributed by atoms with E-state index in [1.165, 1.54) is 11.3 Å². The fourth-order valence-electron chi connectivity index (χ4n) is 0.866. The zero-order valence-corrected chi connectivity index (χ0v) is 8.47. The van der Waals surface area contributed by atoms with Crippen LogP contribution in [0.3, 0.4) is 0 Å². The fourth-order valence-corrected chi connectivity index (χ4v) is 1.51. The van der Waals surface area contributed by atoms with E-state index in [1.807, 2.05) is 14.0 Å². The lowest BCUT2D eigenvalue weighted by Crippen LogP contribution is -2.17. The summed E-state index contributed by atoms with van der Waals surface area (Å²) in [6, 6.07) is 0. The summed E-state index contributed by atoms with van der Waals surface area (Å²) in [5.74, 6) is -0.949. The minimum absolute atomic E-state index is 0.166. The Hall–Kier alpha value is -0.940. The SMILES string of the molecule is CCN(C)Cc1csc(C(=O)O)n1. The number of carboxylic acid groups (broad SMARTS) is 1. The monoisotopic (exact) mass is 200 g/mol. The molecule has 0 radical (unpaired) electrons. The van der Waals surface area contributed by atoms with Crippen LogP contribution in [0, 0.1) is 0 Å². The van der Waals surface area contributed by atoms with Crippen molar-refractivity contribution in [3.8, 4) is 0 Å². The van der Waals surface area contributed by atoms with Crippen LogP contribution < -0.4 is 0 Å². The Morgan fingerprint density at radius 1 is 1.77 bits per heavy atom. The van der Waals surface area contributed by atoms with E-state index in [0.717, 1.165) is 12.2 Å². The maximum Gasteiger partial charge on any atom is 0.365 e. The molecule has 1 heterocycles. The van der Waals surface area contributed by atoms with E-state index >= 15 is 0 Å². The Labute approximate surface area is 80.8 Å². The van der Waals surface area contributed by atoms with Crippen molar-refractivity contribution >= 4 is 17.3 Å². The van der Waals surface area contributed by atoms with Crippen molar-refractivity contribution in [2.75, 3.05) is 13.6 Å². The fraction of sp³-hybridized carbons (Fsp3) is 0.500. The highest BCUT2D eigenvalue weighted by molar-refractivity contribution is 7.11. The minimum Gasteiger partial charge on any atom is -0.476 e. The van der Waals surface area contributed by atoms with E-state index in [0.29, 0.717) is 6.54 Å². The summed E-state index contributed by atoms with van der Waals surface area (Å²) in [6.45, 7) is 3.69. The van der Waals surface area contributed by atoms with Crippen molar-refractivity contribution in [2.24, 2.45) is 0 Å². The number of rotatable bonds is 4. The second-order valence-electron chi connectivity index (χ2n) is 2.78. The Balaban J connectivity index is 2.64. The Kier molecular flexibility index (Phi) is 3.39. The first kappa shape index (κ1) is 10.1. The molecule has 0 atom stereocenters. The zero-order valence-electron chi connectivity index (χ0n) is 7.65. The molecule has 0 aromatic carbocycles. The largest absolute Gasteiger partial charge is 0.476 e. The highest BCUT2D eigenvalue weighted by atomic mass is 32.1. The smallest absolute Gasteiger partial charge is 0.365 e. The first-order chi connectivity index (χ1) is 6.13. The van der Waals surface area contributed by atoms with Crippen molar-refractivity contribution in [1.82, 2.24) is 9.88 Å². The number of carboxylic acids is 1. The predicted molar refractivity (Wildman–Crippen MR) is 51.1 cm³/mol. The van der Waals surface area contributed by atoms with Crippen LogP contribution in [0.15, 0.2) is 5.38 Å². The number of hydrogen-bond donors (Lipinski definition) is 1. The molecule has 0 bridgehead atoms. The average Bonchev–Trinajstić information content (AvgIpc) is 2.52. The third-order valence-electron chi connectivity index (χ3n) is 1.71. The highest BCUT2D eigenvalue weighted by Crippen LogP contribution is 2.10. The van der Waals surface area contributed by atoms with Gasteiger partial charge in [-0.15, -0.1) is 11.3 Å². The van der Waals surface area contributed by atoms with Crippen LogP contribution in [0.4, 0.5) is 0 Å². The molecule has 0 saturated carbocycles. The summed E-state index contributed by atoms with van der Waals surface area (Å²) in [4.78, 5) is 16.5. The second-order valence-corrected chi connectivity index (χ2v) is 3.64. The van der Waals surface area contributed by atoms with Gasteiger partial charge in [-0.25, -0.2) is 9.78 Å². The minimum atomic E-state index is -0.949. The summed E-state index contributed by atoms with van der Waals surface area (Å²) < 4.78 is 0. The van der Waals surface area contributed by atoms with Gasteiger partial charge in [0, 0.05) is 11.9 Å². The molecule has 0 fully saturated rings. The molecule has 1 rings (SSSR count). The van der Waals surface area contributed by atoms with Gasteiger partial charge in [0.05, 0.1) is 5.69 Å². The van der Waals surface area contributed by atoms with Crippen LogP contribution in [0.5, 0.6) is 0 Å². The first-order valence-electron chi connectivity index (χ1n) is 3.99. The molecule has 0 aliphatic carbocycles. The van der Waals surface area contributed by atoms with E-state index in [9.17, 15) is 4.79 Å². The molecular weight excluding hydrogens is 188 g/mol. The molecule has 5 heteroatoms. The van der Waals surface area contributed by atoms with Crippen LogP contribution in [-0.4, -0.2) is 34.6 Å². The van der Waals surface area contributed by atoms with Crippen LogP contribution in [0.1, 0.15) is 22.4 Å². The second kappa shape index (κ2) is 4.34. The summed E-state index contributed by atoms with van der Waals surface area (Å²) in [6.07, 6.45) is 0. The highest BCUT2D eigenvalue weighted by Gasteiger charge is 2.09. The average molecular weight is 200 g/mol. The summed E-state index contributed by atoms with van der Waals surface area (Å²) >= 11 is 1.17. The molecule has 4 nitrogen and oxygen atoms in total. The van der Waals surface area contributed by atoms with Gasteiger partial charge in [-0.05, 0) is 13.6 Å². The standard InChI is InChI=1S/C8H12N2O2S/c1-3-10(2)4-6-5-13-7(9-6)8(11)12/h5H,3-4H2,1-2H3,(H,11,12). The number of aromatic nitrogens is 1.